The van der Waals surface area contributed by atoms with Gasteiger partial charge in [0, 0.05) is 10.6 Å². The Morgan fingerprint density at radius 3 is 2.93 bits per heavy atom. The van der Waals surface area contributed by atoms with Crippen molar-refractivity contribution in [1.29, 1.82) is 0 Å². The van der Waals surface area contributed by atoms with Crippen LogP contribution >= 0.6 is 27.5 Å². The van der Waals surface area contributed by atoms with Gasteiger partial charge in [-0.25, -0.2) is 0 Å². The SMILES string of the molecule is CCOc1c(Br)cc(Cl)cc1C=NO. The van der Waals surface area contributed by atoms with E-state index < -0.39 is 0 Å². The molecule has 0 aliphatic rings. The second kappa shape index (κ2) is 5.22. The van der Waals surface area contributed by atoms with Crippen molar-refractivity contribution in [3.63, 3.8) is 0 Å². The molecule has 1 aromatic rings. The largest absolute Gasteiger partial charge is 0.492 e. The molecule has 1 rings (SSSR count). The molecule has 0 atom stereocenters. The summed E-state index contributed by atoms with van der Waals surface area (Å²) in [6.45, 7) is 2.41. The van der Waals surface area contributed by atoms with Crippen molar-refractivity contribution in [2.45, 2.75) is 6.92 Å². The summed E-state index contributed by atoms with van der Waals surface area (Å²) in [4.78, 5) is 0. The van der Waals surface area contributed by atoms with E-state index in [1.54, 1.807) is 12.1 Å². The molecule has 0 spiro atoms. The molecule has 0 heterocycles. The molecule has 0 fully saturated rings. The summed E-state index contributed by atoms with van der Waals surface area (Å²) in [7, 11) is 0. The van der Waals surface area contributed by atoms with Gasteiger partial charge in [-0.05, 0) is 35.0 Å². The molecule has 0 aromatic heterocycles. The van der Waals surface area contributed by atoms with E-state index in [0.717, 1.165) is 4.47 Å². The van der Waals surface area contributed by atoms with Crippen molar-refractivity contribution >= 4 is 33.7 Å². The highest BCUT2D eigenvalue weighted by Crippen LogP contribution is 2.31. The summed E-state index contributed by atoms with van der Waals surface area (Å²) in [5.74, 6) is 0.620. The fraction of sp³-hybridized carbons (Fsp3) is 0.222. The molecule has 0 unspecified atom stereocenters. The molecule has 0 radical (unpaired) electrons. The monoisotopic (exact) mass is 277 g/mol. The van der Waals surface area contributed by atoms with Crippen LogP contribution in [0, 0.1) is 0 Å². The van der Waals surface area contributed by atoms with Gasteiger partial charge in [-0.1, -0.05) is 16.8 Å². The summed E-state index contributed by atoms with van der Waals surface area (Å²) >= 11 is 9.15. The van der Waals surface area contributed by atoms with Crippen molar-refractivity contribution in [1.82, 2.24) is 0 Å². The molecule has 0 aliphatic carbocycles. The van der Waals surface area contributed by atoms with Crippen molar-refractivity contribution in [3.05, 3.63) is 27.2 Å². The lowest BCUT2D eigenvalue weighted by atomic mass is 10.2. The van der Waals surface area contributed by atoms with Crippen LogP contribution in [0.5, 0.6) is 5.75 Å². The molecular formula is C9H9BrClNO2. The highest BCUT2D eigenvalue weighted by atomic mass is 79.9. The van der Waals surface area contributed by atoms with Gasteiger partial charge in [0.15, 0.2) is 0 Å². The maximum atomic E-state index is 8.45. The smallest absolute Gasteiger partial charge is 0.142 e. The third kappa shape index (κ3) is 2.62. The average molecular weight is 279 g/mol. The minimum absolute atomic E-state index is 0.534. The van der Waals surface area contributed by atoms with E-state index in [9.17, 15) is 0 Å². The van der Waals surface area contributed by atoms with Gasteiger partial charge in [0.2, 0.25) is 0 Å². The zero-order valence-electron chi connectivity index (χ0n) is 7.50. The lowest BCUT2D eigenvalue weighted by molar-refractivity contribution is 0.320. The number of oxime groups is 1. The standard InChI is InChI=1S/C9H9BrClNO2/c1-2-14-9-6(5-12-13)3-7(11)4-8(9)10/h3-5,13H,2H2,1H3. The molecule has 0 saturated heterocycles. The molecule has 5 heteroatoms. The molecule has 0 saturated carbocycles. The first-order valence-corrected chi connectivity index (χ1v) is 5.15. The molecule has 1 N–H and O–H groups in total. The van der Waals surface area contributed by atoms with Gasteiger partial charge in [0.25, 0.3) is 0 Å². The van der Waals surface area contributed by atoms with Crippen LogP contribution in [0.15, 0.2) is 21.8 Å². The number of ether oxygens (including phenoxy) is 1. The topological polar surface area (TPSA) is 41.8 Å². The maximum absolute atomic E-state index is 8.45. The van der Waals surface area contributed by atoms with Crippen LogP contribution in [-0.2, 0) is 0 Å². The predicted octanol–water partition coefficient (Wildman–Crippen LogP) is 3.31. The average Bonchev–Trinajstić information content (AvgIpc) is 2.11. The van der Waals surface area contributed by atoms with Gasteiger partial charge in [0.05, 0.1) is 17.3 Å². The normalized spacial score (nSPS) is 10.8. The number of nitrogens with zero attached hydrogens (tertiary/aromatic N) is 1. The Morgan fingerprint density at radius 1 is 1.64 bits per heavy atom. The van der Waals surface area contributed by atoms with E-state index in [0.29, 0.717) is 22.9 Å². The van der Waals surface area contributed by atoms with Crippen LogP contribution < -0.4 is 4.74 Å². The van der Waals surface area contributed by atoms with Gasteiger partial charge in [-0.2, -0.15) is 0 Å². The molecular weight excluding hydrogens is 269 g/mol. The zero-order chi connectivity index (χ0) is 10.6. The number of hydrogen-bond acceptors (Lipinski definition) is 3. The van der Waals surface area contributed by atoms with Gasteiger partial charge in [-0.15, -0.1) is 0 Å². The van der Waals surface area contributed by atoms with Crippen LogP contribution in [0.2, 0.25) is 5.02 Å². The first kappa shape index (κ1) is 11.3. The number of halogens is 2. The second-order valence-corrected chi connectivity index (χ2v) is 3.77. The van der Waals surface area contributed by atoms with E-state index in [1.165, 1.54) is 6.21 Å². The first-order chi connectivity index (χ1) is 6.69. The third-order valence-electron chi connectivity index (χ3n) is 1.52. The lowest BCUT2D eigenvalue weighted by Gasteiger charge is -2.09. The van der Waals surface area contributed by atoms with Crippen LogP contribution in [0.25, 0.3) is 0 Å². The summed E-state index contributed by atoms with van der Waals surface area (Å²) in [6.07, 6.45) is 1.28. The van der Waals surface area contributed by atoms with Crippen LogP contribution in [-0.4, -0.2) is 18.0 Å². The molecule has 0 bridgehead atoms. The van der Waals surface area contributed by atoms with Gasteiger partial charge in [-0.3, -0.25) is 0 Å². The molecule has 3 nitrogen and oxygen atoms in total. The maximum Gasteiger partial charge on any atom is 0.142 e. The molecule has 0 amide bonds. The Balaban J connectivity index is 3.21. The van der Waals surface area contributed by atoms with E-state index in [1.807, 2.05) is 6.92 Å². The molecule has 0 aliphatic heterocycles. The highest BCUT2D eigenvalue weighted by molar-refractivity contribution is 9.10. The Labute approximate surface area is 95.5 Å². The summed E-state index contributed by atoms with van der Waals surface area (Å²) in [5, 5.41) is 11.9. The minimum Gasteiger partial charge on any atom is -0.492 e. The predicted molar refractivity (Wildman–Crippen MR) is 59.7 cm³/mol. The molecule has 76 valence electrons. The molecule has 1 aromatic carbocycles. The Kier molecular flexibility index (Phi) is 4.22. The number of benzene rings is 1. The van der Waals surface area contributed by atoms with E-state index in [4.69, 9.17) is 21.5 Å². The Bertz CT molecular complexity index is 355. The van der Waals surface area contributed by atoms with Crippen molar-refractivity contribution in [2.75, 3.05) is 6.61 Å². The van der Waals surface area contributed by atoms with Gasteiger partial charge >= 0.3 is 0 Å². The number of rotatable bonds is 3. The summed E-state index contributed by atoms with van der Waals surface area (Å²) in [5.41, 5.74) is 0.633. The van der Waals surface area contributed by atoms with Crippen molar-refractivity contribution in [2.24, 2.45) is 5.16 Å². The van der Waals surface area contributed by atoms with E-state index in [2.05, 4.69) is 21.1 Å². The Morgan fingerprint density at radius 2 is 2.36 bits per heavy atom. The Hall–Kier alpha value is -0.740. The van der Waals surface area contributed by atoms with E-state index >= 15 is 0 Å². The van der Waals surface area contributed by atoms with Crippen LogP contribution in [0.1, 0.15) is 12.5 Å². The third-order valence-corrected chi connectivity index (χ3v) is 2.33. The van der Waals surface area contributed by atoms with Crippen molar-refractivity contribution < 1.29 is 9.94 Å². The quantitative estimate of drug-likeness (QED) is 0.523. The zero-order valence-corrected chi connectivity index (χ0v) is 9.84. The fourth-order valence-electron chi connectivity index (χ4n) is 1.03. The minimum atomic E-state index is 0.534. The second-order valence-electron chi connectivity index (χ2n) is 2.48. The number of hydrogen-bond donors (Lipinski definition) is 1. The summed E-state index contributed by atoms with van der Waals surface area (Å²) < 4.78 is 6.11. The van der Waals surface area contributed by atoms with Crippen molar-refractivity contribution in [3.8, 4) is 5.75 Å². The first-order valence-electron chi connectivity index (χ1n) is 3.98. The fourth-order valence-corrected chi connectivity index (χ4v) is 1.98. The highest BCUT2D eigenvalue weighted by Gasteiger charge is 2.08. The van der Waals surface area contributed by atoms with Crippen LogP contribution in [0.3, 0.4) is 0 Å². The summed E-state index contributed by atoms with van der Waals surface area (Å²) in [6, 6.07) is 3.39. The van der Waals surface area contributed by atoms with E-state index in [-0.39, 0.29) is 0 Å². The van der Waals surface area contributed by atoms with Gasteiger partial charge < -0.3 is 9.94 Å². The van der Waals surface area contributed by atoms with Crippen LogP contribution in [0.4, 0.5) is 0 Å². The van der Waals surface area contributed by atoms with Gasteiger partial charge in [0.1, 0.15) is 5.75 Å². The molecule has 14 heavy (non-hydrogen) atoms. The lowest BCUT2D eigenvalue weighted by Crippen LogP contribution is -1.97.